The number of halogens is 1. The first-order valence-corrected chi connectivity index (χ1v) is 7.82. The second kappa shape index (κ2) is 7.92. The first-order chi connectivity index (χ1) is 8.52. The number of carbonyl (C=O) groups is 1. The van der Waals surface area contributed by atoms with Gasteiger partial charge in [0.1, 0.15) is 0 Å². The molecule has 5 heteroatoms. The maximum absolute atomic E-state index is 11.9. The molecule has 0 fully saturated rings. The Bertz CT molecular complexity index is 381. The van der Waals surface area contributed by atoms with Gasteiger partial charge >= 0.3 is 0 Å². The monoisotopic (exact) mass is 332 g/mol. The van der Waals surface area contributed by atoms with Crippen LogP contribution in [0.5, 0.6) is 0 Å². The molecule has 0 aliphatic heterocycles. The first kappa shape index (κ1) is 15.7. The second-order valence-corrected chi connectivity index (χ2v) is 7.22. The van der Waals surface area contributed by atoms with E-state index in [-0.39, 0.29) is 5.91 Å². The van der Waals surface area contributed by atoms with E-state index in [0.717, 1.165) is 23.2 Å². The van der Waals surface area contributed by atoms with E-state index in [1.165, 1.54) is 4.88 Å². The Morgan fingerprint density at radius 2 is 2.28 bits per heavy atom. The summed E-state index contributed by atoms with van der Waals surface area (Å²) >= 11 is 5.18. The number of thiophene rings is 1. The fourth-order valence-corrected chi connectivity index (χ4v) is 3.26. The average Bonchev–Trinajstić information content (AvgIpc) is 2.74. The van der Waals surface area contributed by atoms with Gasteiger partial charge in [0.15, 0.2) is 0 Å². The molecular formula is C13H21BrN2OS. The molecule has 1 amide bonds. The number of hydrogen-bond acceptors (Lipinski definition) is 3. The Morgan fingerprint density at radius 1 is 1.56 bits per heavy atom. The Balaban J connectivity index is 2.24. The summed E-state index contributed by atoms with van der Waals surface area (Å²) in [5, 5.41) is 0. The van der Waals surface area contributed by atoms with Crippen LogP contribution in [0.2, 0.25) is 0 Å². The Kier molecular flexibility index (Phi) is 6.89. The molecular weight excluding hydrogens is 312 g/mol. The van der Waals surface area contributed by atoms with E-state index in [1.807, 2.05) is 7.05 Å². The molecule has 0 saturated heterocycles. The van der Waals surface area contributed by atoms with Crippen LogP contribution in [0.1, 0.15) is 24.6 Å². The van der Waals surface area contributed by atoms with Gasteiger partial charge < -0.3 is 10.6 Å². The van der Waals surface area contributed by atoms with E-state index in [1.54, 1.807) is 16.2 Å². The minimum Gasteiger partial charge on any atom is -0.345 e. The summed E-state index contributed by atoms with van der Waals surface area (Å²) in [6.45, 7) is 3.44. The maximum Gasteiger partial charge on any atom is 0.222 e. The van der Waals surface area contributed by atoms with Crippen LogP contribution in [0.3, 0.4) is 0 Å². The van der Waals surface area contributed by atoms with Gasteiger partial charge in [-0.2, -0.15) is 0 Å². The normalized spacial score (nSPS) is 12.4. The van der Waals surface area contributed by atoms with Crippen LogP contribution >= 0.6 is 27.3 Å². The van der Waals surface area contributed by atoms with Crippen molar-refractivity contribution in [3.63, 3.8) is 0 Å². The van der Waals surface area contributed by atoms with Gasteiger partial charge in [-0.15, -0.1) is 11.3 Å². The number of nitrogens with two attached hydrogens (primary N) is 1. The molecule has 0 spiro atoms. The Labute approximate surface area is 121 Å². The SMILES string of the molecule is CC(CN)CN(C)C(=O)CCCc1ccc(Br)s1. The van der Waals surface area contributed by atoms with Crippen molar-refractivity contribution in [1.82, 2.24) is 4.90 Å². The zero-order valence-corrected chi connectivity index (χ0v) is 13.4. The molecule has 1 aromatic heterocycles. The van der Waals surface area contributed by atoms with Crippen LogP contribution in [0.15, 0.2) is 15.9 Å². The van der Waals surface area contributed by atoms with E-state index in [4.69, 9.17) is 5.73 Å². The lowest BCUT2D eigenvalue weighted by Crippen LogP contribution is -2.33. The van der Waals surface area contributed by atoms with Crippen molar-refractivity contribution in [1.29, 1.82) is 0 Å². The molecule has 1 heterocycles. The summed E-state index contributed by atoms with van der Waals surface area (Å²) in [6, 6.07) is 4.16. The third-order valence-electron chi connectivity index (χ3n) is 2.86. The zero-order valence-electron chi connectivity index (χ0n) is 11.0. The van der Waals surface area contributed by atoms with Crippen LogP contribution < -0.4 is 5.73 Å². The number of nitrogens with zero attached hydrogens (tertiary/aromatic N) is 1. The number of carbonyl (C=O) groups excluding carboxylic acids is 1. The summed E-state index contributed by atoms with van der Waals surface area (Å²) in [4.78, 5) is 15.0. The molecule has 0 saturated carbocycles. The lowest BCUT2D eigenvalue weighted by atomic mass is 10.1. The van der Waals surface area contributed by atoms with Crippen molar-refractivity contribution >= 4 is 33.2 Å². The lowest BCUT2D eigenvalue weighted by Gasteiger charge is -2.20. The summed E-state index contributed by atoms with van der Waals surface area (Å²) in [7, 11) is 1.86. The van der Waals surface area contributed by atoms with E-state index in [9.17, 15) is 4.79 Å². The van der Waals surface area contributed by atoms with E-state index in [0.29, 0.717) is 18.9 Å². The van der Waals surface area contributed by atoms with Crippen molar-refractivity contribution in [3.8, 4) is 0 Å². The van der Waals surface area contributed by atoms with Crippen LogP contribution in [-0.2, 0) is 11.2 Å². The van der Waals surface area contributed by atoms with E-state index < -0.39 is 0 Å². The van der Waals surface area contributed by atoms with Crippen LogP contribution in [-0.4, -0.2) is 30.9 Å². The quantitative estimate of drug-likeness (QED) is 0.834. The fourth-order valence-electron chi connectivity index (χ4n) is 1.73. The molecule has 0 radical (unpaired) electrons. The molecule has 2 N–H and O–H groups in total. The first-order valence-electron chi connectivity index (χ1n) is 6.21. The van der Waals surface area contributed by atoms with Gasteiger partial charge in [0.05, 0.1) is 3.79 Å². The molecule has 0 aliphatic rings. The van der Waals surface area contributed by atoms with Crippen molar-refractivity contribution in [2.45, 2.75) is 26.2 Å². The number of aryl methyl sites for hydroxylation is 1. The smallest absolute Gasteiger partial charge is 0.222 e. The highest BCUT2D eigenvalue weighted by molar-refractivity contribution is 9.11. The van der Waals surface area contributed by atoms with E-state index >= 15 is 0 Å². The molecule has 1 atom stereocenters. The van der Waals surface area contributed by atoms with Crippen LogP contribution in [0.4, 0.5) is 0 Å². The fraction of sp³-hybridized carbons (Fsp3) is 0.615. The van der Waals surface area contributed by atoms with Gasteiger partial charge in [-0.25, -0.2) is 0 Å². The van der Waals surface area contributed by atoms with Crippen LogP contribution in [0.25, 0.3) is 0 Å². The molecule has 0 aliphatic carbocycles. The number of rotatable bonds is 7. The molecule has 18 heavy (non-hydrogen) atoms. The number of hydrogen-bond donors (Lipinski definition) is 1. The average molecular weight is 333 g/mol. The van der Waals surface area contributed by atoms with Gasteiger partial charge in [-0.1, -0.05) is 6.92 Å². The van der Waals surface area contributed by atoms with Crippen molar-refractivity contribution in [2.24, 2.45) is 11.7 Å². The van der Waals surface area contributed by atoms with Gasteiger partial charge in [0.2, 0.25) is 5.91 Å². The Hall–Kier alpha value is -0.390. The molecule has 1 rings (SSSR count). The number of amides is 1. The molecule has 0 bridgehead atoms. The summed E-state index contributed by atoms with van der Waals surface area (Å²) in [5.74, 6) is 0.582. The predicted molar refractivity (Wildman–Crippen MR) is 80.8 cm³/mol. The second-order valence-electron chi connectivity index (χ2n) is 4.67. The molecule has 3 nitrogen and oxygen atoms in total. The third kappa shape index (κ3) is 5.50. The zero-order chi connectivity index (χ0) is 13.5. The largest absolute Gasteiger partial charge is 0.345 e. The minimum atomic E-state index is 0.214. The highest BCUT2D eigenvalue weighted by Crippen LogP contribution is 2.23. The third-order valence-corrected chi connectivity index (χ3v) is 4.54. The standard InChI is InChI=1S/C13H21BrN2OS/c1-10(8-15)9-16(2)13(17)5-3-4-11-6-7-12(14)18-11/h6-7,10H,3-5,8-9,15H2,1-2H3. The van der Waals surface area contributed by atoms with Gasteiger partial charge in [-0.3, -0.25) is 4.79 Å². The van der Waals surface area contributed by atoms with Crippen LogP contribution in [0, 0.1) is 5.92 Å². The molecule has 1 unspecified atom stereocenters. The highest BCUT2D eigenvalue weighted by atomic mass is 79.9. The summed E-state index contributed by atoms with van der Waals surface area (Å²) in [6.07, 6.45) is 2.50. The maximum atomic E-state index is 11.9. The van der Waals surface area contributed by atoms with Gasteiger partial charge in [-0.05, 0) is 53.4 Å². The van der Waals surface area contributed by atoms with Crippen molar-refractivity contribution in [3.05, 3.63) is 20.8 Å². The molecule has 1 aromatic rings. The lowest BCUT2D eigenvalue weighted by molar-refractivity contribution is -0.130. The Morgan fingerprint density at radius 3 is 2.83 bits per heavy atom. The highest BCUT2D eigenvalue weighted by Gasteiger charge is 2.11. The van der Waals surface area contributed by atoms with Gasteiger partial charge in [0, 0.05) is 24.9 Å². The van der Waals surface area contributed by atoms with Crippen molar-refractivity contribution < 1.29 is 4.79 Å². The molecule has 0 aromatic carbocycles. The topological polar surface area (TPSA) is 46.3 Å². The minimum absolute atomic E-state index is 0.214. The van der Waals surface area contributed by atoms with Gasteiger partial charge in [0.25, 0.3) is 0 Å². The molecule has 102 valence electrons. The summed E-state index contributed by atoms with van der Waals surface area (Å²) < 4.78 is 1.15. The van der Waals surface area contributed by atoms with Crippen molar-refractivity contribution in [2.75, 3.05) is 20.1 Å². The predicted octanol–water partition coefficient (Wildman–Crippen LogP) is 2.89. The van der Waals surface area contributed by atoms with E-state index in [2.05, 4.69) is 35.0 Å². The summed E-state index contributed by atoms with van der Waals surface area (Å²) in [5.41, 5.74) is 5.56.